The average Bonchev–Trinajstić information content (AvgIpc) is 3.17. The molecule has 0 saturated heterocycles. The molecule has 4 rings (SSSR count). The maximum atomic E-state index is 13.0. The van der Waals surface area contributed by atoms with Gasteiger partial charge in [-0.05, 0) is 33.9 Å². The lowest BCUT2D eigenvalue weighted by Gasteiger charge is -2.37. The molecule has 1 fully saturated rings. The smallest absolute Gasteiger partial charge is 0.276 e. The van der Waals surface area contributed by atoms with E-state index in [1.807, 2.05) is 25.9 Å². The maximum absolute atomic E-state index is 13.0. The minimum absolute atomic E-state index is 0.0516. The summed E-state index contributed by atoms with van der Waals surface area (Å²) in [5, 5.41) is 8.34. The molecule has 24 heavy (non-hydrogen) atoms. The van der Waals surface area contributed by atoms with E-state index in [0.717, 1.165) is 31.0 Å². The van der Waals surface area contributed by atoms with Crippen LogP contribution in [0.1, 0.15) is 46.8 Å². The van der Waals surface area contributed by atoms with Gasteiger partial charge in [-0.2, -0.15) is 0 Å². The van der Waals surface area contributed by atoms with E-state index in [1.54, 1.807) is 0 Å². The minimum atomic E-state index is -0.0931. The second-order valence-corrected chi connectivity index (χ2v) is 6.97. The predicted octanol–water partition coefficient (Wildman–Crippen LogP) is 1.04. The van der Waals surface area contributed by atoms with Crippen LogP contribution in [0.4, 0.5) is 0 Å². The Morgan fingerprint density at radius 1 is 1.38 bits per heavy atom. The van der Waals surface area contributed by atoms with E-state index in [9.17, 15) is 4.79 Å². The quantitative estimate of drug-likeness (QED) is 0.833. The van der Waals surface area contributed by atoms with Crippen molar-refractivity contribution in [1.29, 1.82) is 0 Å². The van der Waals surface area contributed by atoms with E-state index in [0.29, 0.717) is 30.6 Å². The molecule has 2 aromatic heterocycles. The molecule has 0 N–H and O–H groups in total. The number of likely N-dealkylation sites (N-methyl/N-ethyl adjacent to an activating group) is 1. The number of fused-ring (bicyclic) bond motifs is 1. The van der Waals surface area contributed by atoms with Gasteiger partial charge in [-0.15, -0.1) is 10.2 Å². The monoisotopic (exact) mass is 330 g/mol. The average molecular weight is 330 g/mol. The minimum Gasteiger partial charge on any atom is -0.448 e. The molecule has 8 nitrogen and oxygen atoms in total. The van der Waals surface area contributed by atoms with Gasteiger partial charge in [-0.3, -0.25) is 4.79 Å². The zero-order valence-corrected chi connectivity index (χ0v) is 14.3. The van der Waals surface area contributed by atoms with Gasteiger partial charge in [0.05, 0.1) is 12.6 Å². The molecule has 3 heterocycles. The molecule has 0 aromatic carbocycles. The van der Waals surface area contributed by atoms with Gasteiger partial charge in [0.15, 0.2) is 17.4 Å². The molecule has 1 aliphatic heterocycles. The van der Waals surface area contributed by atoms with E-state index in [2.05, 4.69) is 24.6 Å². The Morgan fingerprint density at radius 2 is 2.17 bits per heavy atom. The Labute approximate surface area is 140 Å². The van der Waals surface area contributed by atoms with Gasteiger partial charge in [-0.25, -0.2) is 4.98 Å². The number of hydrogen-bond donors (Lipinski definition) is 0. The molecular formula is C16H22N6O2. The highest BCUT2D eigenvalue weighted by atomic mass is 16.3. The number of oxazole rings is 1. The second-order valence-electron chi connectivity index (χ2n) is 6.97. The van der Waals surface area contributed by atoms with Gasteiger partial charge in [0.25, 0.3) is 5.91 Å². The molecular weight excluding hydrogens is 308 g/mol. The molecule has 2 aromatic rings. The van der Waals surface area contributed by atoms with Crippen LogP contribution in [0.25, 0.3) is 0 Å². The number of aryl methyl sites for hydroxylation is 1. The molecule has 1 amide bonds. The Kier molecular flexibility index (Phi) is 3.64. The SMILES string of the molecule is Cc1nnc2n1CC(CN(C)C)N(C(=O)c1coc(C3CC3)n1)C2. The zero-order valence-electron chi connectivity index (χ0n) is 14.3. The second kappa shape index (κ2) is 5.70. The molecule has 128 valence electrons. The molecule has 1 unspecified atom stereocenters. The standard InChI is InChI=1S/C16H22N6O2/c1-10-18-19-14-8-22(12(6-20(2)3)7-21(10)14)16(23)13-9-24-15(17-13)11-4-5-11/h9,11-12H,4-8H2,1-3H3. The van der Waals surface area contributed by atoms with Gasteiger partial charge in [0.2, 0.25) is 0 Å². The number of rotatable bonds is 4. The van der Waals surface area contributed by atoms with E-state index < -0.39 is 0 Å². The molecule has 0 radical (unpaired) electrons. The van der Waals surface area contributed by atoms with Crippen molar-refractivity contribution >= 4 is 5.91 Å². The summed E-state index contributed by atoms with van der Waals surface area (Å²) in [7, 11) is 4.02. The Hall–Kier alpha value is -2.22. The van der Waals surface area contributed by atoms with Crippen LogP contribution in [-0.2, 0) is 13.1 Å². The predicted molar refractivity (Wildman–Crippen MR) is 85.5 cm³/mol. The summed E-state index contributed by atoms with van der Waals surface area (Å²) in [6.45, 7) is 3.87. The molecule has 2 aliphatic rings. The van der Waals surface area contributed by atoms with Crippen LogP contribution < -0.4 is 0 Å². The van der Waals surface area contributed by atoms with E-state index in [1.165, 1.54) is 6.26 Å². The summed E-state index contributed by atoms with van der Waals surface area (Å²) in [6.07, 6.45) is 3.69. The summed E-state index contributed by atoms with van der Waals surface area (Å²) in [4.78, 5) is 21.3. The summed E-state index contributed by atoms with van der Waals surface area (Å²) in [5.74, 6) is 2.71. The van der Waals surface area contributed by atoms with Crippen LogP contribution in [0, 0.1) is 6.92 Å². The van der Waals surface area contributed by atoms with Crippen molar-refractivity contribution in [2.24, 2.45) is 0 Å². The number of hydrogen-bond acceptors (Lipinski definition) is 6. The Morgan fingerprint density at radius 3 is 2.88 bits per heavy atom. The third-order valence-corrected chi connectivity index (χ3v) is 4.66. The molecule has 1 atom stereocenters. The van der Waals surface area contributed by atoms with Crippen molar-refractivity contribution in [2.45, 2.75) is 44.8 Å². The highest BCUT2D eigenvalue weighted by Crippen LogP contribution is 2.39. The largest absolute Gasteiger partial charge is 0.448 e. The van der Waals surface area contributed by atoms with Crippen LogP contribution in [0.2, 0.25) is 0 Å². The van der Waals surface area contributed by atoms with Gasteiger partial charge in [0.1, 0.15) is 12.1 Å². The van der Waals surface area contributed by atoms with Crippen molar-refractivity contribution in [2.75, 3.05) is 20.6 Å². The van der Waals surface area contributed by atoms with Crippen molar-refractivity contribution in [3.05, 3.63) is 29.5 Å². The Balaban J connectivity index is 1.61. The van der Waals surface area contributed by atoms with Crippen LogP contribution in [-0.4, -0.2) is 62.1 Å². The fraction of sp³-hybridized carbons (Fsp3) is 0.625. The molecule has 1 saturated carbocycles. The van der Waals surface area contributed by atoms with Gasteiger partial charge in [-0.1, -0.05) is 0 Å². The summed E-state index contributed by atoms with van der Waals surface area (Å²) < 4.78 is 7.58. The third-order valence-electron chi connectivity index (χ3n) is 4.66. The van der Waals surface area contributed by atoms with Crippen molar-refractivity contribution < 1.29 is 9.21 Å². The molecule has 0 bridgehead atoms. The fourth-order valence-corrected chi connectivity index (χ4v) is 3.24. The number of aromatic nitrogens is 4. The van der Waals surface area contributed by atoms with Crippen LogP contribution in [0.3, 0.4) is 0 Å². The normalized spacial score (nSPS) is 20.5. The van der Waals surface area contributed by atoms with Crippen molar-refractivity contribution in [3.63, 3.8) is 0 Å². The lowest BCUT2D eigenvalue weighted by Crippen LogP contribution is -2.51. The topological polar surface area (TPSA) is 80.3 Å². The molecule has 1 aliphatic carbocycles. The van der Waals surface area contributed by atoms with Gasteiger partial charge < -0.3 is 18.8 Å². The fourth-order valence-electron chi connectivity index (χ4n) is 3.24. The van der Waals surface area contributed by atoms with E-state index >= 15 is 0 Å². The van der Waals surface area contributed by atoms with Gasteiger partial charge >= 0.3 is 0 Å². The summed E-state index contributed by atoms with van der Waals surface area (Å²) in [5.41, 5.74) is 0.394. The van der Waals surface area contributed by atoms with E-state index in [4.69, 9.17) is 4.42 Å². The highest BCUT2D eigenvalue weighted by Gasteiger charge is 2.35. The number of carbonyl (C=O) groups is 1. The number of amides is 1. The number of nitrogens with zero attached hydrogens (tertiary/aromatic N) is 6. The first-order valence-corrected chi connectivity index (χ1v) is 8.32. The highest BCUT2D eigenvalue weighted by molar-refractivity contribution is 5.92. The third kappa shape index (κ3) is 2.71. The maximum Gasteiger partial charge on any atom is 0.276 e. The van der Waals surface area contributed by atoms with Crippen LogP contribution in [0.5, 0.6) is 0 Å². The lowest BCUT2D eigenvalue weighted by molar-refractivity contribution is 0.0537. The van der Waals surface area contributed by atoms with E-state index in [-0.39, 0.29) is 11.9 Å². The summed E-state index contributed by atoms with van der Waals surface area (Å²) >= 11 is 0. The van der Waals surface area contributed by atoms with Crippen molar-refractivity contribution in [1.82, 2.24) is 29.5 Å². The first-order valence-electron chi connectivity index (χ1n) is 8.32. The lowest BCUT2D eigenvalue weighted by atomic mass is 10.1. The van der Waals surface area contributed by atoms with Crippen LogP contribution in [0.15, 0.2) is 10.7 Å². The zero-order chi connectivity index (χ0) is 16.8. The summed E-state index contributed by atoms with van der Waals surface area (Å²) in [6, 6.07) is 0.0516. The first kappa shape index (κ1) is 15.3. The molecule has 0 spiro atoms. The number of carbonyl (C=O) groups excluding carboxylic acids is 1. The Bertz CT molecular complexity index is 760. The van der Waals surface area contributed by atoms with Gasteiger partial charge in [0, 0.05) is 19.0 Å². The van der Waals surface area contributed by atoms with Crippen molar-refractivity contribution in [3.8, 4) is 0 Å². The molecule has 8 heteroatoms. The van der Waals surface area contributed by atoms with Crippen LogP contribution >= 0.6 is 0 Å². The first-order chi connectivity index (χ1) is 11.5.